The lowest BCUT2D eigenvalue weighted by molar-refractivity contribution is -0.384. The van der Waals surface area contributed by atoms with Crippen molar-refractivity contribution >= 4 is 68.8 Å². The summed E-state index contributed by atoms with van der Waals surface area (Å²) in [6, 6.07) is 15.6. The first-order valence-electron chi connectivity index (χ1n) is 10.9. The van der Waals surface area contributed by atoms with E-state index in [1.807, 2.05) is 38.1 Å². The van der Waals surface area contributed by atoms with E-state index in [0.717, 1.165) is 18.3 Å². The first-order chi connectivity index (χ1) is 17.2. The molecule has 184 valence electrons. The van der Waals surface area contributed by atoms with Gasteiger partial charge in [0.1, 0.15) is 6.61 Å². The number of halogens is 2. The number of rotatable bonds is 8. The molecule has 0 atom stereocenters. The van der Waals surface area contributed by atoms with E-state index < -0.39 is 10.9 Å². The predicted molar refractivity (Wildman–Crippen MR) is 152 cm³/mol. The first kappa shape index (κ1) is 26.1. The van der Waals surface area contributed by atoms with Crippen LogP contribution in [-0.2, 0) is 16.1 Å². The van der Waals surface area contributed by atoms with E-state index in [0.29, 0.717) is 29.2 Å². The maximum absolute atomic E-state index is 12.5. The summed E-state index contributed by atoms with van der Waals surface area (Å²) >= 11 is 4.37. The topological polar surface area (TPSA) is 100 Å². The summed E-state index contributed by atoms with van der Waals surface area (Å²) in [4.78, 5) is 27.5. The van der Waals surface area contributed by atoms with Crippen molar-refractivity contribution in [2.45, 2.75) is 20.5 Å². The number of nitro groups is 1. The highest BCUT2D eigenvalue weighted by atomic mass is 127. The monoisotopic (exact) mass is 710 g/mol. The molecule has 0 unspecified atom stereocenters. The average molecular weight is 710 g/mol. The Hall–Kier alpha value is -3.00. The summed E-state index contributed by atoms with van der Waals surface area (Å²) in [6.45, 7) is 4.38. The van der Waals surface area contributed by atoms with Crippen molar-refractivity contribution in [3.63, 3.8) is 0 Å². The van der Waals surface area contributed by atoms with Crippen molar-refractivity contribution in [1.29, 1.82) is 0 Å². The average Bonchev–Trinajstić information content (AvgIpc) is 3.20. The molecule has 0 N–H and O–H groups in total. The number of nitrogens with zero attached hydrogens (tertiary/aromatic N) is 2. The minimum Gasteiger partial charge on any atom is -0.490 e. The van der Waals surface area contributed by atoms with E-state index in [-0.39, 0.29) is 23.9 Å². The molecule has 0 amide bonds. The lowest BCUT2D eigenvalue weighted by atomic mass is 10.1. The zero-order valence-electron chi connectivity index (χ0n) is 19.3. The molecule has 0 saturated heterocycles. The van der Waals surface area contributed by atoms with Crippen molar-refractivity contribution in [2.75, 3.05) is 6.61 Å². The third-order valence-electron chi connectivity index (χ3n) is 5.17. The van der Waals surface area contributed by atoms with Crippen molar-refractivity contribution in [2.24, 2.45) is 4.99 Å². The summed E-state index contributed by atoms with van der Waals surface area (Å²) in [5.74, 6) is 0.742. The van der Waals surface area contributed by atoms with Gasteiger partial charge in [-0.05, 0) is 112 Å². The standard InChI is InChI=1S/C26H20I2N2O6/c1-3-34-23-13-17(11-21(28)24(23)35-14-16-5-4-6-19(10-16)30(32)33)12-22-26(31)36-25(29-22)18-7-8-20(27)15(2)9-18/h4-13H,3,14H2,1-2H3/b22-12-. The van der Waals surface area contributed by atoms with Crippen molar-refractivity contribution < 1.29 is 23.9 Å². The van der Waals surface area contributed by atoms with Crippen LogP contribution in [0.4, 0.5) is 5.69 Å². The molecular weight excluding hydrogens is 690 g/mol. The van der Waals surface area contributed by atoms with Gasteiger partial charge in [0.15, 0.2) is 17.2 Å². The SMILES string of the molecule is CCOc1cc(/C=C2\N=C(c3ccc(I)c(C)c3)OC2=O)cc(I)c1OCc1cccc([N+](=O)[O-])c1. The van der Waals surface area contributed by atoms with Gasteiger partial charge in [-0.1, -0.05) is 12.1 Å². The van der Waals surface area contributed by atoms with Crippen LogP contribution in [0.15, 0.2) is 65.3 Å². The molecule has 1 aliphatic rings. The number of benzene rings is 3. The number of nitro benzene ring substituents is 1. The van der Waals surface area contributed by atoms with Crippen LogP contribution >= 0.6 is 45.2 Å². The van der Waals surface area contributed by atoms with E-state index in [4.69, 9.17) is 14.2 Å². The number of carbonyl (C=O) groups excluding carboxylic acids is 1. The van der Waals surface area contributed by atoms with Crippen molar-refractivity contribution in [3.05, 3.63) is 99.8 Å². The second-order valence-electron chi connectivity index (χ2n) is 7.78. The normalized spacial score (nSPS) is 13.9. The molecule has 0 aliphatic carbocycles. The van der Waals surface area contributed by atoms with Gasteiger partial charge in [0.2, 0.25) is 5.90 Å². The number of cyclic esters (lactones) is 1. The molecule has 1 heterocycles. The zero-order valence-corrected chi connectivity index (χ0v) is 23.6. The Morgan fingerprint density at radius 3 is 2.61 bits per heavy atom. The molecule has 3 aromatic rings. The lowest BCUT2D eigenvalue weighted by Crippen LogP contribution is -2.06. The second kappa shape index (κ2) is 11.4. The Morgan fingerprint density at radius 1 is 1.08 bits per heavy atom. The fourth-order valence-electron chi connectivity index (χ4n) is 3.46. The van der Waals surface area contributed by atoms with E-state index in [1.54, 1.807) is 24.3 Å². The van der Waals surface area contributed by atoms with Gasteiger partial charge in [0.05, 0.1) is 15.1 Å². The highest BCUT2D eigenvalue weighted by molar-refractivity contribution is 14.1. The first-order valence-corrected chi connectivity index (χ1v) is 13.0. The van der Waals surface area contributed by atoms with Crippen LogP contribution in [0.25, 0.3) is 6.08 Å². The van der Waals surface area contributed by atoms with Crippen molar-refractivity contribution in [1.82, 2.24) is 0 Å². The largest absolute Gasteiger partial charge is 0.490 e. The molecule has 0 bridgehead atoms. The Morgan fingerprint density at radius 2 is 1.89 bits per heavy atom. The molecule has 3 aromatic carbocycles. The van der Waals surface area contributed by atoms with Gasteiger partial charge in [-0.15, -0.1) is 0 Å². The van der Waals surface area contributed by atoms with Gasteiger partial charge in [-0.25, -0.2) is 9.79 Å². The molecule has 8 nitrogen and oxygen atoms in total. The van der Waals surface area contributed by atoms with Crippen LogP contribution < -0.4 is 9.47 Å². The summed E-state index contributed by atoms with van der Waals surface area (Å²) in [7, 11) is 0. The molecule has 0 saturated carbocycles. The second-order valence-corrected chi connectivity index (χ2v) is 10.1. The van der Waals surface area contributed by atoms with Crippen LogP contribution in [0, 0.1) is 24.2 Å². The predicted octanol–water partition coefficient (Wildman–Crippen LogP) is 6.43. The minimum atomic E-state index is -0.528. The maximum atomic E-state index is 12.5. The number of aliphatic imine (C=N–C) groups is 1. The third-order valence-corrected chi connectivity index (χ3v) is 7.18. The Balaban J connectivity index is 1.60. The molecule has 0 spiro atoms. The van der Waals surface area contributed by atoms with Crippen LogP contribution in [0.3, 0.4) is 0 Å². The molecular formula is C26H20I2N2O6. The smallest absolute Gasteiger partial charge is 0.363 e. The number of hydrogen-bond acceptors (Lipinski definition) is 7. The molecule has 10 heteroatoms. The fourth-order valence-corrected chi connectivity index (χ4v) is 4.57. The highest BCUT2D eigenvalue weighted by Crippen LogP contribution is 2.36. The van der Waals surface area contributed by atoms with Gasteiger partial charge >= 0.3 is 5.97 Å². The van der Waals surface area contributed by atoms with Crippen LogP contribution in [0.2, 0.25) is 0 Å². The Bertz CT molecular complexity index is 1420. The molecule has 36 heavy (non-hydrogen) atoms. The quantitative estimate of drug-likeness (QED) is 0.0879. The van der Waals surface area contributed by atoms with E-state index in [9.17, 15) is 14.9 Å². The van der Waals surface area contributed by atoms with Gasteiger partial charge in [0, 0.05) is 21.3 Å². The summed E-state index contributed by atoms with van der Waals surface area (Å²) < 4.78 is 19.1. The Kier molecular flexibility index (Phi) is 8.24. The lowest BCUT2D eigenvalue weighted by Gasteiger charge is -2.15. The fraction of sp³-hybridized carbons (Fsp3) is 0.154. The number of ether oxygens (including phenoxy) is 3. The van der Waals surface area contributed by atoms with Crippen molar-refractivity contribution in [3.8, 4) is 11.5 Å². The van der Waals surface area contributed by atoms with Gasteiger partial charge in [0.25, 0.3) is 5.69 Å². The van der Waals surface area contributed by atoms with E-state index in [2.05, 4.69) is 50.2 Å². The molecule has 4 rings (SSSR count). The summed E-state index contributed by atoms with van der Waals surface area (Å²) in [6.07, 6.45) is 1.64. The highest BCUT2D eigenvalue weighted by Gasteiger charge is 2.25. The van der Waals surface area contributed by atoms with Gasteiger partial charge in [-0.3, -0.25) is 10.1 Å². The van der Waals surface area contributed by atoms with Crippen LogP contribution in [0.5, 0.6) is 11.5 Å². The van der Waals surface area contributed by atoms with Crippen LogP contribution in [0.1, 0.15) is 29.2 Å². The minimum absolute atomic E-state index is 0.00146. The number of esters is 1. The molecule has 0 fully saturated rings. The summed E-state index contributed by atoms with van der Waals surface area (Å²) in [5, 5.41) is 11.0. The molecule has 0 radical (unpaired) electrons. The molecule has 1 aliphatic heterocycles. The van der Waals surface area contributed by atoms with Gasteiger partial charge in [-0.2, -0.15) is 0 Å². The third kappa shape index (κ3) is 6.03. The number of carbonyl (C=O) groups is 1. The number of non-ortho nitro benzene ring substituents is 1. The van der Waals surface area contributed by atoms with Crippen LogP contribution in [-0.4, -0.2) is 23.4 Å². The maximum Gasteiger partial charge on any atom is 0.363 e. The van der Waals surface area contributed by atoms with E-state index >= 15 is 0 Å². The van der Waals surface area contributed by atoms with E-state index in [1.165, 1.54) is 12.1 Å². The zero-order chi connectivity index (χ0) is 25.8. The number of hydrogen-bond donors (Lipinski definition) is 0. The number of aryl methyl sites for hydroxylation is 1. The molecule has 0 aromatic heterocycles. The Labute approximate surface area is 234 Å². The van der Waals surface area contributed by atoms with Gasteiger partial charge < -0.3 is 14.2 Å². The summed E-state index contributed by atoms with van der Waals surface area (Å²) in [5.41, 5.74) is 3.35.